The van der Waals surface area contributed by atoms with Crippen LogP contribution in [-0.4, -0.2) is 59.5 Å². The van der Waals surface area contributed by atoms with Gasteiger partial charge in [0.05, 0.1) is 19.2 Å². The number of nitrogens with one attached hydrogen (secondary N) is 1. The molecule has 1 fully saturated rings. The normalized spacial score (nSPS) is 24.5. The molecule has 1 aromatic heterocycles. The molecule has 3 N–H and O–H groups in total. The minimum atomic E-state index is -1.28. The fraction of sp³-hybridized carbons (Fsp3) is 0.640. The third kappa shape index (κ3) is 5.03. The molecule has 31 heavy (non-hydrogen) atoms. The summed E-state index contributed by atoms with van der Waals surface area (Å²) in [4.78, 5) is 6.57. The summed E-state index contributed by atoms with van der Waals surface area (Å²) < 4.78 is 5.43. The zero-order valence-electron chi connectivity index (χ0n) is 19.3. The third-order valence-corrected chi connectivity index (χ3v) is 6.81. The monoisotopic (exact) mass is 429 g/mol. The van der Waals surface area contributed by atoms with E-state index >= 15 is 0 Å². The second kappa shape index (κ2) is 11.2. The van der Waals surface area contributed by atoms with Gasteiger partial charge in [-0.25, -0.2) is 0 Å². The summed E-state index contributed by atoms with van der Waals surface area (Å²) in [6.45, 7) is 6.58. The van der Waals surface area contributed by atoms with E-state index < -0.39 is 5.72 Å². The number of ether oxygens (including phenoxy) is 1. The Morgan fingerprint density at radius 3 is 2.71 bits per heavy atom. The summed E-state index contributed by atoms with van der Waals surface area (Å²) >= 11 is 0. The topological polar surface area (TPSA) is 77.9 Å². The predicted octanol–water partition coefficient (Wildman–Crippen LogP) is 3.65. The Bertz CT molecular complexity index is 831. The number of methoxy groups -OCH3 is 1. The van der Waals surface area contributed by atoms with Gasteiger partial charge in [-0.15, -0.1) is 0 Å². The van der Waals surface area contributed by atoms with E-state index in [4.69, 9.17) is 4.74 Å². The number of nitrogens with zero attached hydrogens (tertiary/aromatic N) is 2. The first-order valence-corrected chi connectivity index (χ1v) is 11.8. The van der Waals surface area contributed by atoms with Crippen molar-refractivity contribution in [1.82, 2.24) is 15.2 Å². The number of unbranched alkanes of at least 4 members (excludes halogenated alkanes) is 4. The number of hydrogen-bond donors (Lipinski definition) is 3. The Morgan fingerprint density at radius 2 is 2.00 bits per heavy atom. The van der Waals surface area contributed by atoms with Crippen LogP contribution in [0.3, 0.4) is 0 Å². The molecule has 3 rings (SSSR count). The van der Waals surface area contributed by atoms with Crippen LogP contribution in [0.5, 0.6) is 5.75 Å². The van der Waals surface area contributed by atoms with Crippen LogP contribution in [0.25, 0.3) is 10.9 Å². The van der Waals surface area contributed by atoms with Crippen LogP contribution < -0.4 is 10.1 Å². The lowest BCUT2D eigenvalue weighted by Gasteiger charge is -2.51. The Kier molecular flexibility index (Phi) is 8.67. The fourth-order valence-corrected chi connectivity index (χ4v) is 5.04. The first-order chi connectivity index (χ1) is 15.1. The summed E-state index contributed by atoms with van der Waals surface area (Å²) in [6.07, 6.45) is 8.79. The number of aromatic nitrogens is 1. The molecule has 6 heteroatoms. The van der Waals surface area contributed by atoms with Crippen LogP contribution in [0.4, 0.5) is 0 Å². The van der Waals surface area contributed by atoms with Gasteiger partial charge in [-0.05, 0) is 50.2 Å². The highest BCUT2D eigenvalue weighted by Crippen LogP contribution is 2.42. The summed E-state index contributed by atoms with van der Waals surface area (Å²) in [5.41, 5.74) is 0.312. The van der Waals surface area contributed by atoms with Crippen LogP contribution in [0.15, 0.2) is 30.5 Å². The van der Waals surface area contributed by atoms with Crippen molar-refractivity contribution < 1.29 is 14.9 Å². The average molecular weight is 430 g/mol. The van der Waals surface area contributed by atoms with Crippen molar-refractivity contribution in [3.05, 3.63) is 36.0 Å². The molecule has 0 amide bonds. The van der Waals surface area contributed by atoms with Crippen molar-refractivity contribution in [3.8, 4) is 5.75 Å². The molecule has 0 radical (unpaired) electrons. The number of pyridine rings is 1. The van der Waals surface area contributed by atoms with E-state index in [9.17, 15) is 10.2 Å². The number of hydrogen-bond acceptors (Lipinski definition) is 6. The molecule has 0 saturated carbocycles. The van der Waals surface area contributed by atoms with E-state index in [0.717, 1.165) is 48.1 Å². The van der Waals surface area contributed by atoms with E-state index in [-0.39, 0.29) is 18.6 Å². The van der Waals surface area contributed by atoms with Crippen LogP contribution >= 0.6 is 0 Å². The van der Waals surface area contributed by atoms with Gasteiger partial charge in [0.15, 0.2) is 5.72 Å². The minimum Gasteiger partial charge on any atom is -0.497 e. The van der Waals surface area contributed by atoms with Gasteiger partial charge in [0.25, 0.3) is 0 Å². The number of benzene rings is 1. The molecule has 0 aliphatic carbocycles. The molecular formula is C25H39N3O3. The van der Waals surface area contributed by atoms with Gasteiger partial charge in [-0.1, -0.05) is 39.5 Å². The van der Waals surface area contributed by atoms with Gasteiger partial charge in [0, 0.05) is 35.7 Å². The van der Waals surface area contributed by atoms with E-state index in [0.29, 0.717) is 6.54 Å². The molecule has 0 spiro atoms. The standard InChI is InChI=1S/C25H39N3O3/c1-4-6-7-8-9-14-26-24-13-16-28(5-2)25(30,22(24)18-29)21-12-15-27-23-11-10-19(31-3)17-20(21)23/h10-12,15,17,22,24,26,29-30H,4-9,13-14,16,18H2,1-3H3/t22-,24+,25-/m0/s1. The lowest BCUT2D eigenvalue weighted by atomic mass is 9.77. The molecule has 1 aromatic carbocycles. The highest BCUT2D eigenvalue weighted by Gasteiger charge is 2.50. The highest BCUT2D eigenvalue weighted by molar-refractivity contribution is 5.84. The van der Waals surface area contributed by atoms with Crippen molar-refractivity contribution in [2.45, 2.75) is 64.1 Å². The minimum absolute atomic E-state index is 0.0535. The maximum Gasteiger partial charge on any atom is 0.151 e. The molecule has 2 heterocycles. The number of aliphatic hydroxyl groups is 2. The lowest BCUT2D eigenvalue weighted by Crippen LogP contribution is -2.63. The van der Waals surface area contributed by atoms with Crippen molar-refractivity contribution in [2.75, 3.05) is 33.4 Å². The van der Waals surface area contributed by atoms with Crippen LogP contribution in [-0.2, 0) is 5.72 Å². The average Bonchev–Trinajstić information content (AvgIpc) is 2.80. The maximum absolute atomic E-state index is 12.2. The molecule has 1 aliphatic rings. The summed E-state index contributed by atoms with van der Waals surface area (Å²) in [5.74, 6) is 0.389. The SMILES string of the molecule is CCCCCCCN[C@@H]1CCN(CC)[C@](O)(c2ccnc3ccc(OC)cc23)[C@H]1CO. The Hall–Kier alpha value is -1.73. The molecule has 0 bridgehead atoms. The van der Waals surface area contributed by atoms with Crippen molar-refractivity contribution in [3.63, 3.8) is 0 Å². The second-order valence-corrected chi connectivity index (χ2v) is 8.60. The van der Waals surface area contributed by atoms with Crippen LogP contribution in [0, 0.1) is 5.92 Å². The zero-order chi connectivity index (χ0) is 22.3. The molecule has 1 aliphatic heterocycles. The molecule has 172 valence electrons. The van der Waals surface area contributed by atoms with Gasteiger partial charge in [0.1, 0.15) is 5.75 Å². The highest BCUT2D eigenvalue weighted by atomic mass is 16.5. The molecule has 2 aromatic rings. The van der Waals surface area contributed by atoms with Gasteiger partial charge in [-0.3, -0.25) is 9.88 Å². The molecule has 3 atom stereocenters. The van der Waals surface area contributed by atoms with E-state index in [1.165, 1.54) is 25.7 Å². The Balaban J connectivity index is 1.91. The molecule has 0 unspecified atom stereocenters. The summed E-state index contributed by atoms with van der Waals surface area (Å²) in [6, 6.07) is 7.68. The first kappa shape index (κ1) is 23.9. The largest absolute Gasteiger partial charge is 0.497 e. The number of aliphatic hydroxyl groups excluding tert-OH is 1. The van der Waals surface area contributed by atoms with E-state index in [1.54, 1.807) is 13.3 Å². The summed E-state index contributed by atoms with van der Waals surface area (Å²) in [7, 11) is 1.64. The van der Waals surface area contributed by atoms with E-state index in [1.807, 2.05) is 24.3 Å². The quantitative estimate of drug-likeness (QED) is 0.473. The maximum atomic E-state index is 12.2. The van der Waals surface area contributed by atoms with Gasteiger partial charge < -0.3 is 20.3 Å². The predicted molar refractivity (Wildman–Crippen MR) is 125 cm³/mol. The molecular weight excluding hydrogens is 390 g/mol. The molecule has 6 nitrogen and oxygen atoms in total. The molecule has 1 saturated heterocycles. The van der Waals surface area contributed by atoms with Gasteiger partial charge in [-0.2, -0.15) is 0 Å². The van der Waals surface area contributed by atoms with Crippen LogP contribution in [0.1, 0.15) is 57.9 Å². The van der Waals surface area contributed by atoms with E-state index in [2.05, 4.69) is 29.0 Å². The number of likely N-dealkylation sites (tertiary alicyclic amines) is 1. The van der Waals surface area contributed by atoms with Crippen LogP contribution in [0.2, 0.25) is 0 Å². The Morgan fingerprint density at radius 1 is 1.19 bits per heavy atom. The smallest absolute Gasteiger partial charge is 0.151 e. The third-order valence-electron chi connectivity index (χ3n) is 6.81. The van der Waals surface area contributed by atoms with Crippen molar-refractivity contribution in [1.29, 1.82) is 0 Å². The number of piperidine rings is 1. The Labute approximate surface area is 186 Å². The first-order valence-electron chi connectivity index (χ1n) is 11.8. The van der Waals surface area contributed by atoms with Gasteiger partial charge in [0.2, 0.25) is 0 Å². The number of rotatable bonds is 11. The zero-order valence-corrected chi connectivity index (χ0v) is 19.3. The van der Waals surface area contributed by atoms with Gasteiger partial charge >= 0.3 is 0 Å². The van der Waals surface area contributed by atoms with Crippen molar-refractivity contribution in [2.24, 2.45) is 5.92 Å². The summed E-state index contributed by atoms with van der Waals surface area (Å²) in [5, 5.41) is 27.2. The second-order valence-electron chi connectivity index (χ2n) is 8.60. The fourth-order valence-electron chi connectivity index (χ4n) is 5.04. The number of fused-ring (bicyclic) bond motifs is 1. The lowest BCUT2D eigenvalue weighted by molar-refractivity contribution is -0.195. The van der Waals surface area contributed by atoms with Crippen molar-refractivity contribution >= 4 is 10.9 Å².